The number of para-hydroxylation sites is 1. The van der Waals surface area contributed by atoms with E-state index in [1.807, 2.05) is 67.6 Å². The average Bonchev–Trinajstić information content (AvgIpc) is 2.62. The van der Waals surface area contributed by atoms with Gasteiger partial charge < -0.3 is 10.5 Å². The summed E-state index contributed by atoms with van der Waals surface area (Å²) >= 11 is 0. The third-order valence-electron chi connectivity index (χ3n) is 3.90. The summed E-state index contributed by atoms with van der Waals surface area (Å²) in [6.45, 7) is 2.31. The van der Waals surface area contributed by atoms with Crippen molar-refractivity contribution in [3.63, 3.8) is 0 Å². The predicted molar refractivity (Wildman–Crippen MR) is 95.2 cm³/mol. The van der Waals surface area contributed by atoms with E-state index >= 15 is 0 Å². The normalized spacial score (nSPS) is 12.0. The largest absolute Gasteiger partial charge is 0.489 e. The molecule has 122 valence electrons. The smallest absolute Gasteiger partial charge is 0.131 e. The molecular weight excluding hydrogens is 301 g/mol. The third kappa shape index (κ3) is 3.81. The van der Waals surface area contributed by atoms with Crippen LogP contribution in [-0.4, -0.2) is 0 Å². The van der Waals surface area contributed by atoms with Gasteiger partial charge in [0, 0.05) is 11.6 Å². The maximum Gasteiger partial charge on any atom is 0.131 e. The molecule has 0 saturated heterocycles. The van der Waals surface area contributed by atoms with Gasteiger partial charge in [-0.25, -0.2) is 4.39 Å². The Labute approximate surface area is 141 Å². The monoisotopic (exact) mass is 321 g/mol. The topological polar surface area (TPSA) is 35.2 Å². The van der Waals surface area contributed by atoms with Crippen LogP contribution in [0.4, 0.5) is 4.39 Å². The van der Waals surface area contributed by atoms with Crippen LogP contribution in [-0.2, 0) is 6.61 Å². The van der Waals surface area contributed by atoms with E-state index in [1.165, 1.54) is 6.07 Å². The van der Waals surface area contributed by atoms with E-state index in [1.54, 1.807) is 6.07 Å². The van der Waals surface area contributed by atoms with Crippen LogP contribution in [0.2, 0.25) is 0 Å². The number of hydrogen-bond acceptors (Lipinski definition) is 2. The van der Waals surface area contributed by atoms with Crippen molar-refractivity contribution < 1.29 is 9.13 Å². The second kappa shape index (κ2) is 7.28. The molecule has 3 aromatic carbocycles. The maximum absolute atomic E-state index is 14.3. The van der Waals surface area contributed by atoms with Crippen molar-refractivity contribution in [1.29, 1.82) is 0 Å². The van der Waals surface area contributed by atoms with E-state index in [0.717, 1.165) is 22.4 Å². The molecule has 0 aromatic heterocycles. The second-order valence-electron chi connectivity index (χ2n) is 5.83. The summed E-state index contributed by atoms with van der Waals surface area (Å²) in [5.41, 5.74) is 9.21. The molecule has 3 aromatic rings. The minimum absolute atomic E-state index is 0.0855. The average molecular weight is 321 g/mol. The molecule has 1 atom stereocenters. The molecule has 0 radical (unpaired) electrons. The van der Waals surface area contributed by atoms with E-state index in [0.29, 0.717) is 12.2 Å². The lowest BCUT2D eigenvalue weighted by molar-refractivity contribution is 0.306. The fourth-order valence-corrected chi connectivity index (χ4v) is 2.56. The summed E-state index contributed by atoms with van der Waals surface area (Å²) < 4.78 is 20.0. The zero-order valence-corrected chi connectivity index (χ0v) is 13.6. The number of hydrogen-bond donors (Lipinski definition) is 1. The minimum atomic E-state index is -0.250. The molecule has 0 heterocycles. The molecule has 0 fully saturated rings. The standard InChI is InChI=1S/C21H20FNO/c1-15(23)17-6-5-7-18(13-17)20-12-16(10-11-21(20)22)14-24-19-8-3-2-4-9-19/h2-13,15H,14,23H2,1H3. The van der Waals surface area contributed by atoms with Gasteiger partial charge in [-0.1, -0.05) is 42.5 Å². The molecule has 2 nitrogen and oxygen atoms in total. The van der Waals surface area contributed by atoms with Gasteiger partial charge in [-0.2, -0.15) is 0 Å². The van der Waals surface area contributed by atoms with Gasteiger partial charge in [0.25, 0.3) is 0 Å². The Bertz CT molecular complexity index is 815. The number of halogens is 1. The first-order valence-electron chi connectivity index (χ1n) is 7.95. The Hall–Kier alpha value is -2.65. The molecule has 0 aliphatic heterocycles. The molecule has 0 aliphatic carbocycles. The van der Waals surface area contributed by atoms with Crippen molar-refractivity contribution in [2.24, 2.45) is 5.73 Å². The molecule has 0 aliphatic rings. The molecule has 3 rings (SSSR count). The van der Waals surface area contributed by atoms with Crippen molar-refractivity contribution in [3.8, 4) is 16.9 Å². The molecule has 1 unspecified atom stereocenters. The molecule has 0 saturated carbocycles. The van der Waals surface area contributed by atoms with Crippen molar-refractivity contribution in [2.75, 3.05) is 0 Å². The zero-order chi connectivity index (χ0) is 16.9. The van der Waals surface area contributed by atoms with Crippen LogP contribution in [0.3, 0.4) is 0 Å². The van der Waals surface area contributed by atoms with Crippen molar-refractivity contribution in [1.82, 2.24) is 0 Å². The van der Waals surface area contributed by atoms with E-state index in [4.69, 9.17) is 10.5 Å². The van der Waals surface area contributed by atoms with Crippen LogP contribution < -0.4 is 10.5 Å². The third-order valence-corrected chi connectivity index (χ3v) is 3.90. The Kier molecular flexibility index (Phi) is 4.92. The van der Waals surface area contributed by atoms with Gasteiger partial charge in [-0.15, -0.1) is 0 Å². The first kappa shape index (κ1) is 16.2. The van der Waals surface area contributed by atoms with E-state index in [-0.39, 0.29) is 11.9 Å². The van der Waals surface area contributed by atoms with Crippen molar-refractivity contribution >= 4 is 0 Å². The van der Waals surface area contributed by atoms with Crippen LogP contribution in [0.5, 0.6) is 5.75 Å². The quantitative estimate of drug-likeness (QED) is 0.710. The van der Waals surface area contributed by atoms with Gasteiger partial charge in [0.2, 0.25) is 0 Å². The molecule has 24 heavy (non-hydrogen) atoms. The SMILES string of the molecule is CC(N)c1cccc(-c2cc(COc3ccccc3)ccc2F)c1. The number of ether oxygens (including phenoxy) is 1. The first-order valence-corrected chi connectivity index (χ1v) is 7.95. The van der Waals surface area contributed by atoms with Crippen LogP contribution in [0.25, 0.3) is 11.1 Å². The minimum Gasteiger partial charge on any atom is -0.489 e. The fraction of sp³-hybridized carbons (Fsp3) is 0.143. The Morgan fingerprint density at radius 3 is 2.50 bits per heavy atom. The predicted octanol–water partition coefficient (Wildman–Crippen LogP) is 5.09. The Morgan fingerprint density at radius 2 is 1.75 bits per heavy atom. The van der Waals surface area contributed by atoms with Crippen molar-refractivity contribution in [2.45, 2.75) is 19.6 Å². The molecule has 0 bridgehead atoms. The Balaban J connectivity index is 1.85. The molecular formula is C21H20FNO. The summed E-state index contributed by atoms with van der Waals surface area (Å²) in [7, 11) is 0. The summed E-state index contributed by atoms with van der Waals surface area (Å²) in [6, 6.07) is 22.2. The van der Waals surface area contributed by atoms with Crippen molar-refractivity contribution in [3.05, 3.63) is 89.7 Å². The number of nitrogens with two attached hydrogens (primary N) is 1. The number of rotatable bonds is 5. The van der Waals surface area contributed by atoms with Crippen LogP contribution >= 0.6 is 0 Å². The molecule has 2 N–H and O–H groups in total. The lowest BCUT2D eigenvalue weighted by Crippen LogP contribution is -2.04. The fourth-order valence-electron chi connectivity index (χ4n) is 2.56. The highest BCUT2D eigenvalue weighted by molar-refractivity contribution is 5.65. The van der Waals surface area contributed by atoms with Crippen LogP contribution in [0, 0.1) is 5.82 Å². The van der Waals surface area contributed by atoms with Crippen LogP contribution in [0.15, 0.2) is 72.8 Å². The summed E-state index contributed by atoms with van der Waals surface area (Å²) in [4.78, 5) is 0. The Morgan fingerprint density at radius 1 is 0.958 bits per heavy atom. The second-order valence-corrected chi connectivity index (χ2v) is 5.83. The van der Waals surface area contributed by atoms with Gasteiger partial charge in [-0.3, -0.25) is 0 Å². The summed E-state index contributed by atoms with van der Waals surface area (Å²) in [5.74, 6) is 0.544. The highest BCUT2D eigenvalue weighted by atomic mass is 19.1. The maximum atomic E-state index is 14.3. The molecule has 0 spiro atoms. The van der Waals surface area contributed by atoms with E-state index < -0.39 is 0 Å². The highest BCUT2D eigenvalue weighted by Gasteiger charge is 2.09. The van der Waals surface area contributed by atoms with Gasteiger partial charge >= 0.3 is 0 Å². The van der Waals surface area contributed by atoms with Gasteiger partial charge in [0.15, 0.2) is 0 Å². The lowest BCUT2D eigenvalue weighted by atomic mass is 9.98. The van der Waals surface area contributed by atoms with E-state index in [9.17, 15) is 4.39 Å². The molecule has 3 heteroatoms. The summed E-state index contributed by atoms with van der Waals surface area (Å²) in [6.07, 6.45) is 0. The zero-order valence-electron chi connectivity index (χ0n) is 13.6. The summed E-state index contributed by atoms with van der Waals surface area (Å²) in [5, 5.41) is 0. The first-order chi connectivity index (χ1) is 11.6. The van der Waals surface area contributed by atoms with Gasteiger partial charge in [0.1, 0.15) is 18.2 Å². The highest BCUT2D eigenvalue weighted by Crippen LogP contribution is 2.27. The van der Waals surface area contributed by atoms with Crippen LogP contribution in [0.1, 0.15) is 24.1 Å². The molecule has 0 amide bonds. The lowest BCUT2D eigenvalue weighted by Gasteiger charge is -2.11. The van der Waals surface area contributed by atoms with Gasteiger partial charge in [-0.05, 0) is 53.9 Å². The van der Waals surface area contributed by atoms with E-state index in [2.05, 4.69) is 0 Å². The number of benzene rings is 3. The van der Waals surface area contributed by atoms with Gasteiger partial charge in [0.05, 0.1) is 0 Å².